The van der Waals surface area contributed by atoms with Crippen LogP contribution in [0.3, 0.4) is 0 Å². The number of hydrogen-bond acceptors (Lipinski definition) is 6. The van der Waals surface area contributed by atoms with Gasteiger partial charge in [0.15, 0.2) is 0 Å². The summed E-state index contributed by atoms with van der Waals surface area (Å²) in [5.41, 5.74) is 0.980. The van der Waals surface area contributed by atoms with Crippen LogP contribution in [0.25, 0.3) is 0 Å². The standard InChI is InChI=1S/C31H40N2O5S/c1-3-4-17-32-18-12-16-31-24(25-29(37)38-19-11-6-5-10-15-30(25,2)39-31)27(35)33(26(31)28(32)36)23(21-34)20-22-13-8-7-9-14-22/h7-10,12-16,23-26,34H,3-6,11,17-21H2,1-2H3/b15-10-/t23-,24+,25+,26?,30-,31+/m1/s1. The number of nitrogens with zero attached hydrogens (tertiary/aromatic N) is 2. The van der Waals surface area contributed by atoms with Crippen molar-refractivity contribution in [2.45, 2.75) is 74.0 Å². The van der Waals surface area contributed by atoms with E-state index in [2.05, 4.69) is 19.1 Å². The van der Waals surface area contributed by atoms with Crippen LogP contribution in [0.2, 0.25) is 0 Å². The molecule has 4 heterocycles. The summed E-state index contributed by atoms with van der Waals surface area (Å²) in [6.07, 6.45) is 13.1. The molecule has 0 saturated carbocycles. The van der Waals surface area contributed by atoms with Crippen LogP contribution in [0.4, 0.5) is 0 Å². The summed E-state index contributed by atoms with van der Waals surface area (Å²) >= 11 is 1.56. The first kappa shape index (κ1) is 28.0. The third-order valence-corrected chi connectivity index (χ3v) is 10.5. The van der Waals surface area contributed by atoms with Crippen molar-refractivity contribution in [3.63, 3.8) is 0 Å². The summed E-state index contributed by atoms with van der Waals surface area (Å²) in [5.74, 6) is -2.20. The van der Waals surface area contributed by atoms with E-state index in [1.165, 1.54) is 0 Å². The van der Waals surface area contributed by atoms with Crippen molar-refractivity contribution < 1.29 is 24.2 Å². The molecule has 1 aromatic carbocycles. The van der Waals surface area contributed by atoms with Crippen molar-refractivity contribution in [1.82, 2.24) is 9.80 Å². The van der Waals surface area contributed by atoms with Gasteiger partial charge in [-0.15, -0.1) is 11.8 Å². The van der Waals surface area contributed by atoms with Crippen molar-refractivity contribution in [1.29, 1.82) is 0 Å². The smallest absolute Gasteiger partial charge is 0.311 e. The van der Waals surface area contributed by atoms with Gasteiger partial charge >= 0.3 is 5.97 Å². The van der Waals surface area contributed by atoms with Gasteiger partial charge in [0.25, 0.3) is 0 Å². The Morgan fingerprint density at radius 3 is 2.62 bits per heavy atom. The van der Waals surface area contributed by atoms with Gasteiger partial charge in [-0.05, 0) is 44.6 Å². The van der Waals surface area contributed by atoms with Crippen molar-refractivity contribution in [2.75, 3.05) is 26.3 Å². The quantitative estimate of drug-likeness (QED) is 0.410. The number of allylic oxidation sites excluding steroid dienone is 1. The predicted octanol–water partition coefficient (Wildman–Crippen LogP) is 3.76. The zero-order valence-electron chi connectivity index (χ0n) is 23.0. The number of aliphatic hydroxyl groups is 1. The Morgan fingerprint density at radius 1 is 1.08 bits per heavy atom. The number of hydrogen-bond donors (Lipinski definition) is 1. The molecule has 2 amide bonds. The second kappa shape index (κ2) is 11.5. The minimum absolute atomic E-state index is 0.104. The molecule has 7 nitrogen and oxygen atoms in total. The number of ether oxygens (including phenoxy) is 1. The number of rotatable bonds is 7. The fourth-order valence-corrected chi connectivity index (χ4v) is 9.00. The summed E-state index contributed by atoms with van der Waals surface area (Å²) in [6, 6.07) is 8.33. The minimum atomic E-state index is -0.934. The number of thioether (sulfide) groups is 1. The third kappa shape index (κ3) is 4.95. The maximum absolute atomic E-state index is 14.6. The lowest BCUT2D eigenvalue weighted by Gasteiger charge is -2.40. The fraction of sp³-hybridized carbons (Fsp3) is 0.581. The lowest BCUT2D eigenvalue weighted by atomic mass is 9.74. The Balaban J connectivity index is 1.63. The minimum Gasteiger partial charge on any atom is -0.465 e. The van der Waals surface area contributed by atoms with Crippen molar-refractivity contribution >= 4 is 29.5 Å². The number of unbranched alkanes of at least 4 members (excludes halogenated alkanes) is 1. The van der Waals surface area contributed by atoms with Gasteiger partial charge < -0.3 is 19.6 Å². The molecule has 8 heteroatoms. The maximum Gasteiger partial charge on any atom is 0.311 e. The van der Waals surface area contributed by atoms with Gasteiger partial charge in [-0.3, -0.25) is 14.4 Å². The molecular weight excluding hydrogens is 512 g/mol. The highest BCUT2D eigenvalue weighted by atomic mass is 32.2. The SMILES string of the molecule is CCCCN1CC=C[C@]23S[C@]4(C)/C=C\CCCCOC(=O)[C@@H]4[C@H]2C(=O)N([C@@H](CO)Cc2ccccc2)C3C1=O. The Labute approximate surface area is 235 Å². The number of fused-ring (bicyclic) bond motifs is 2. The van der Waals surface area contributed by atoms with Gasteiger partial charge in [0.2, 0.25) is 11.8 Å². The molecule has 1 spiro atoms. The van der Waals surface area contributed by atoms with E-state index in [4.69, 9.17) is 4.74 Å². The van der Waals surface area contributed by atoms with Crippen LogP contribution in [0, 0.1) is 11.8 Å². The molecule has 4 aliphatic heterocycles. The van der Waals surface area contributed by atoms with E-state index in [1.807, 2.05) is 54.3 Å². The molecule has 4 aliphatic rings. The molecule has 39 heavy (non-hydrogen) atoms. The second-order valence-electron chi connectivity index (χ2n) is 11.4. The Kier molecular flexibility index (Phi) is 8.24. The number of amides is 2. The molecule has 1 aromatic rings. The number of carbonyl (C=O) groups is 3. The molecule has 0 radical (unpaired) electrons. The van der Waals surface area contributed by atoms with E-state index in [1.54, 1.807) is 16.7 Å². The summed E-state index contributed by atoms with van der Waals surface area (Å²) in [5, 5.41) is 10.6. The van der Waals surface area contributed by atoms with Crippen LogP contribution < -0.4 is 0 Å². The molecule has 210 valence electrons. The average Bonchev–Trinajstić information content (AvgIpc) is 3.27. The summed E-state index contributed by atoms with van der Waals surface area (Å²) < 4.78 is 4.12. The van der Waals surface area contributed by atoms with Gasteiger partial charge in [-0.2, -0.15) is 0 Å². The van der Waals surface area contributed by atoms with Gasteiger partial charge in [-0.1, -0.05) is 68.0 Å². The molecule has 2 fully saturated rings. The molecule has 5 rings (SSSR count). The zero-order chi connectivity index (χ0) is 27.6. The van der Waals surface area contributed by atoms with Gasteiger partial charge in [-0.25, -0.2) is 0 Å². The van der Waals surface area contributed by atoms with Crippen LogP contribution >= 0.6 is 11.8 Å². The molecule has 0 aromatic heterocycles. The van der Waals surface area contributed by atoms with E-state index in [0.29, 0.717) is 26.1 Å². The van der Waals surface area contributed by atoms with Crippen molar-refractivity contribution in [3.05, 3.63) is 60.2 Å². The lowest BCUT2D eigenvalue weighted by molar-refractivity contribution is -0.154. The first-order chi connectivity index (χ1) is 18.9. The fourth-order valence-electron chi connectivity index (χ4n) is 6.86. The van der Waals surface area contributed by atoms with Crippen LogP contribution in [-0.4, -0.2) is 80.6 Å². The van der Waals surface area contributed by atoms with Crippen molar-refractivity contribution in [3.8, 4) is 0 Å². The van der Waals surface area contributed by atoms with Gasteiger partial charge in [0.05, 0.1) is 35.8 Å². The maximum atomic E-state index is 14.6. The average molecular weight is 553 g/mol. The monoisotopic (exact) mass is 552 g/mol. The molecule has 6 atom stereocenters. The van der Waals surface area contributed by atoms with E-state index in [-0.39, 0.29) is 24.4 Å². The predicted molar refractivity (Wildman–Crippen MR) is 152 cm³/mol. The molecule has 0 aliphatic carbocycles. The zero-order valence-corrected chi connectivity index (χ0v) is 23.8. The van der Waals surface area contributed by atoms with E-state index >= 15 is 0 Å². The highest BCUT2D eigenvalue weighted by Crippen LogP contribution is 2.65. The normalized spacial score (nSPS) is 34.1. The van der Waals surface area contributed by atoms with Gasteiger partial charge in [0, 0.05) is 17.8 Å². The molecule has 2 saturated heterocycles. The Bertz CT molecular complexity index is 1140. The summed E-state index contributed by atoms with van der Waals surface area (Å²) in [4.78, 5) is 46.1. The molecule has 0 bridgehead atoms. The molecule has 1 unspecified atom stereocenters. The number of cyclic esters (lactones) is 1. The number of esters is 1. The topological polar surface area (TPSA) is 87.2 Å². The van der Waals surface area contributed by atoms with Crippen molar-refractivity contribution in [2.24, 2.45) is 11.8 Å². The van der Waals surface area contributed by atoms with Crippen LogP contribution in [0.5, 0.6) is 0 Å². The summed E-state index contributed by atoms with van der Waals surface area (Å²) in [6.45, 7) is 5.23. The first-order valence-corrected chi connectivity index (χ1v) is 15.2. The Morgan fingerprint density at radius 2 is 1.87 bits per heavy atom. The van der Waals surface area contributed by atoms with Crippen LogP contribution in [0.15, 0.2) is 54.6 Å². The Hall–Kier alpha value is -2.58. The second-order valence-corrected chi connectivity index (χ2v) is 13.2. The van der Waals surface area contributed by atoms with E-state index in [0.717, 1.165) is 37.7 Å². The third-order valence-electron chi connectivity index (χ3n) is 8.72. The first-order valence-electron chi connectivity index (χ1n) is 14.3. The lowest BCUT2D eigenvalue weighted by Crippen LogP contribution is -2.57. The van der Waals surface area contributed by atoms with Crippen LogP contribution in [0.1, 0.15) is 51.5 Å². The summed E-state index contributed by atoms with van der Waals surface area (Å²) in [7, 11) is 0. The van der Waals surface area contributed by atoms with E-state index < -0.39 is 33.4 Å². The highest BCUT2D eigenvalue weighted by Gasteiger charge is 2.74. The number of likely N-dealkylation sites (tertiary alicyclic amines) is 1. The van der Waals surface area contributed by atoms with Crippen LogP contribution in [-0.2, 0) is 25.5 Å². The number of aliphatic hydroxyl groups excluding tert-OH is 1. The highest BCUT2D eigenvalue weighted by molar-refractivity contribution is 8.02. The van der Waals surface area contributed by atoms with E-state index in [9.17, 15) is 19.5 Å². The number of carbonyl (C=O) groups excluding carboxylic acids is 3. The molecule has 1 N–H and O–H groups in total. The largest absolute Gasteiger partial charge is 0.465 e. The number of benzene rings is 1. The molecular formula is C31H40N2O5S. The van der Waals surface area contributed by atoms with Gasteiger partial charge in [0.1, 0.15) is 6.04 Å².